The first kappa shape index (κ1) is 18.8. The van der Waals surface area contributed by atoms with Crippen LogP contribution in [0.3, 0.4) is 0 Å². The van der Waals surface area contributed by atoms with Crippen LogP contribution in [0.5, 0.6) is 0 Å². The van der Waals surface area contributed by atoms with Gasteiger partial charge in [0.15, 0.2) is 0 Å². The van der Waals surface area contributed by atoms with Gasteiger partial charge in [0.2, 0.25) is 5.69 Å². The summed E-state index contributed by atoms with van der Waals surface area (Å²) < 4.78 is 2.17. The number of benzene rings is 1. The number of aryl methyl sites for hydroxylation is 1. The van der Waals surface area contributed by atoms with Gasteiger partial charge in [0, 0.05) is 25.5 Å². The van der Waals surface area contributed by atoms with E-state index >= 15 is 0 Å². The summed E-state index contributed by atoms with van der Waals surface area (Å²) in [7, 11) is 0. The fourth-order valence-electron chi connectivity index (χ4n) is 3.39. The molecule has 0 N–H and O–H groups in total. The molecule has 8 heteroatoms. The van der Waals surface area contributed by atoms with Crippen molar-refractivity contribution in [2.75, 3.05) is 13.1 Å². The lowest BCUT2D eigenvalue weighted by atomic mass is 10.2. The van der Waals surface area contributed by atoms with Crippen LogP contribution in [0.4, 0.5) is 0 Å². The Morgan fingerprint density at radius 2 is 1.79 bits per heavy atom. The van der Waals surface area contributed by atoms with Crippen LogP contribution < -0.4 is 11.2 Å². The maximum atomic E-state index is 13.1. The van der Waals surface area contributed by atoms with E-state index in [9.17, 15) is 14.4 Å². The summed E-state index contributed by atoms with van der Waals surface area (Å²) in [6, 6.07) is 10.7. The first-order valence-corrected chi connectivity index (χ1v) is 9.54. The molecule has 29 heavy (non-hydrogen) atoms. The third kappa shape index (κ3) is 3.73. The lowest BCUT2D eigenvalue weighted by Gasteiger charge is -2.16. The Kier molecular flexibility index (Phi) is 5.07. The first-order valence-electron chi connectivity index (χ1n) is 9.54. The highest BCUT2D eigenvalue weighted by Crippen LogP contribution is 2.11. The van der Waals surface area contributed by atoms with Gasteiger partial charge in [-0.3, -0.25) is 19.1 Å². The van der Waals surface area contributed by atoms with E-state index in [4.69, 9.17) is 0 Å². The lowest BCUT2D eigenvalue weighted by Crippen LogP contribution is -2.46. The summed E-state index contributed by atoms with van der Waals surface area (Å²) >= 11 is 0. The van der Waals surface area contributed by atoms with Gasteiger partial charge in [0.05, 0.1) is 12.2 Å². The van der Waals surface area contributed by atoms with Gasteiger partial charge in [-0.2, -0.15) is 9.78 Å². The molecule has 1 saturated heterocycles. The lowest BCUT2D eigenvalue weighted by molar-refractivity contribution is 0.0781. The zero-order valence-electron chi connectivity index (χ0n) is 16.1. The van der Waals surface area contributed by atoms with Crippen LogP contribution >= 0.6 is 0 Å². The fraction of sp³-hybridized carbons (Fsp3) is 0.286. The topological polar surface area (TPSA) is 90.1 Å². The molecule has 1 fully saturated rings. The first-order chi connectivity index (χ1) is 14.0. The quantitative estimate of drug-likeness (QED) is 0.670. The average Bonchev–Trinajstić information content (AvgIpc) is 3.27. The number of carbonyl (C=O) groups is 1. The SMILES string of the molecule is Cc1ccc(-n2nc(C(=O)N3CCCC3)c(=O)n(Cc3cccnc3)c2=O)cc1. The number of rotatable bonds is 4. The molecular weight excluding hydrogens is 370 g/mol. The molecule has 0 radical (unpaired) electrons. The molecule has 2 aromatic heterocycles. The zero-order valence-corrected chi connectivity index (χ0v) is 16.1. The maximum absolute atomic E-state index is 13.1. The Morgan fingerprint density at radius 3 is 2.45 bits per heavy atom. The van der Waals surface area contributed by atoms with Crippen LogP contribution in [0.15, 0.2) is 58.4 Å². The minimum Gasteiger partial charge on any atom is -0.337 e. The predicted octanol–water partition coefficient (Wildman–Crippen LogP) is 1.38. The smallest absolute Gasteiger partial charge is 0.337 e. The molecule has 8 nitrogen and oxygen atoms in total. The Hall–Kier alpha value is -3.55. The van der Waals surface area contributed by atoms with E-state index in [1.54, 1.807) is 41.6 Å². The van der Waals surface area contributed by atoms with Gasteiger partial charge in [0.1, 0.15) is 0 Å². The van der Waals surface area contributed by atoms with E-state index in [0.29, 0.717) is 24.3 Å². The van der Waals surface area contributed by atoms with Crippen LogP contribution in [0.25, 0.3) is 5.69 Å². The van der Waals surface area contributed by atoms with E-state index in [1.165, 1.54) is 0 Å². The molecule has 1 aliphatic heterocycles. The van der Waals surface area contributed by atoms with Crippen molar-refractivity contribution in [1.82, 2.24) is 24.2 Å². The molecule has 0 spiro atoms. The number of nitrogens with zero attached hydrogens (tertiary/aromatic N) is 5. The van der Waals surface area contributed by atoms with Gasteiger partial charge in [-0.05, 0) is 43.5 Å². The fourth-order valence-corrected chi connectivity index (χ4v) is 3.39. The minimum absolute atomic E-state index is 0.0141. The molecule has 148 valence electrons. The number of pyridine rings is 1. The number of hydrogen-bond acceptors (Lipinski definition) is 5. The van der Waals surface area contributed by atoms with E-state index < -0.39 is 17.2 Å². The standard InChI is InChI=1S/C21H21N5O3/c1-15-6-8-17(9-7-15)26-21(29)25(14-16-5-4-10-22-13-16)20(28)18(23-26)19(27)24-11-2-3-12-24/h4-10,13H,2-3,11-12,14H2,1H3. The van der Waals surface area contributed by atoms with Crippen LogP contribution in [-0.4, -0.2) is 43.2 Å². The van der Waals surface area contributed by atoms with Gasteiger partial charge in [-0.1, -0.05) is 23.8 Å². The molecule has 0 bridgehead atoms. The Bertz CT molecular complexity index is 1140. The molecule has 0 unspecified atom stereocenters. The Balaban J connectivity index is 1.88. The molecule has 0 saturated carbocycles. The molecular formula is C21H21N5O3. The molecule has 3 heterocycles. The number of likely N-dealkylation sites (tertiary alicyclic amines) is 1. The highest BCUT2D eigenvalue weighted by Gasteiger charge is 2.26. The third-order valence-electron chi connectivity index (χ3n) is 5.00. The highest BCUT2D eigenvalue weighted by atomic mass is 16.2. The van der Waals surface area contributed by atoms with E-state index in [1.807, 2.05) is 19.1 Å². The summed E-state index contributed by atoms with van der Waals surface area (Å²) in [6.45, 7) is 3.13. The van der Waals surface area contributed by atoms with Crippen LogP contribution in [-0.2, 0) is 6.54 Å². The van der Waals surface area contributed by atoms with Crippen molar-refractivity contribution in [2.45, 2.75) is 26.3 Å². The van der Waals surface area contributed by atoms with Gasteiger partial charge in [-0.25, -0.2) is 4.79 Å². The van der Waals surface area contributed by atoms with Crippen LogP contribution in [0.1, 0.15) is 34.5 Å². The van der Waals surface area contributed by atoms with Crippen molar-refractivity contribution in [3.8, 4) is 5.69 Å². The van der Waals surface area contributed by atoms with E-state index in [0.717, 1.165) is 27.7 Å². The minimum atomic E-state index is -0.681. The summed E-state index contributed by atoms with van der Waals surface area (Å²) in [6.07, 6.45) is 5.00. The van der Waals surface area contributed by atoms with Crippen molar-refractivity contribution in [1.29, 1.82) is 0 Å². The molecule has 0 aliphatic carbocycles. The molecule has 4 rings (SSSR count). The third-order valence-corrected chi connectivity index (χ3v) is 5.00. The van der Waals surface area contributed by atoms with Gasteiger partial charge >= 0.3 is 5.69 Å². The predicted molar refractivity (Wildman–Crippen MR) is 107 cm³/mol. The highest BCUT2D eigenvalue weighted by molar-refractivity contribution is 5.92. The second-order valence-corrected chi connectivity index (χ2v) is 7.13. The van der Waals surface area contributed by atoms with Gasteiger partial charge in [-0.15, -0.1) is 0 Å². The molecule has 3 aromatic rings. The summed E-state index contributed by atoms with van der Waals surface area (Å²) in [5, 5.41) is 4.18. The monoisotopic (exact) mass is 391 g/mol. The van der Waals surface area contributed by atoms with Crippen LogP contribution in [0, 0.1) is 6.92 Å². The largest absolute Gasteiger partial charge is 0.352 e. The summed E-state index contributed by atoms with van der Waals surface area (Å²) in [5.41, 5.74) is 0.693. The van der Waals surface area contributed by atoms with Crippen molar-refractivity contribution in [2.24, 2.45) is 0 Å². The normalized spacial score (nSPS) is 13.6. The van der Waals surface area contributed by atoms with Gasteiger partial charge < -0.3 is 4.90 Å². The molecule has 1 amide bonds. The van der Waals surface area contributed by atoms with E-state index in [-0.39, 0.29) is 12.2 Å². The average molecular weight is 391 g/mol. The molecule has 1 aliphatic rings. The number of amides is 1. The van der Waals surface area contributed by atoms with Crippen molar-refractivity contribution >= 4 is 5.91 Å². The zero-order chi connectivity index (χ0) is 20.4. The van der Waals surface area contributed by atoms with Crippen molar-refractivity contribution in [3.63, 3.8) is 0 Å². The molecule has 1 aromatic carbocycles. The number of aromatic nitrogens is 4. The van der Waals surface area contributed by atoms with Crippen molar-refractivity contribution < 1.29 is 4.79 Å². The summed E-state index contributed by atoms with van der Waals surface area (Å²) in [4.78, 5) is 44.7. The maximum Gasteiger partial charge on any atom is 0.352 e. The Labute approximate surface area is 167 Å². The van der Waals surface area contributed by atoms with Crippen LogP contribution in [0.2, 0.25) is 0 Å². The molecule has 0 atom stereocenters. The van der Waals surface area contributed by atoms with E-state index in [2.05, 4.69) is 10.1 Å². The second-order valence-electron chi connectivity index (χ2n) is 7.13. The number of carbonyl (C=O) groups excluding carboxylic acids is 1. The Morgan fingerprint density at radius 1 is 1.07 bits per heavy atom. The van der Waals surface area contributed by atoms with Crippen molar-refractivity contribution in [3.05, 3.63) is 86.5 Å². The summed E-state index contributed by atoms with van der Waals surface area (Å²) in [5.74, 6) is -0.437. The second kappa shape index (κ2) is 7.83. The van der Waals surface area contributed by atoms with Gasteiger partial charge in [0.25, 0.3) is 11.5 Å². The number of hydrogen-bond donors (Lipinski definition) is 0.